The fraction of sp³-hybridized carbons (Fsp3) is 0.500. The Balaban J connectivity index is 2.80. The largest absolute Gasteiger partial charge is 0.479 e. The molecule has 0 saturated heterocycles. The summed E-state index contributed by atoms with van der Waals surface area (Å²) in [6.45, 7) is 1.83. The van der Waals surface area contributed by atoms with Gasteiger partial charge in [0.2, 0.25) is 5.91 Å². The van der Waals surface area contributed by atoms with Crippen LogP contribution in [0.4, 0.5) is 4.79 Å². The summed E-state index contributed by atoms with van der Waals surface area (Å²) in [4.78, 5) is 35.9. The van der Waals surface area contributed by atoms with E-state index in [0.29, 0.717) is 5.56 Å². The fourth-order valence-corrected chi connectivity index (χ4v) is 1.67. The van der Waals surface area contributed by atoms with E-state index >= 15 is 0 Å². The summed E-state index contributed by atoms with van der Waals surface area (Å²) in [5.74, 6) is -1.53. The van der Waals surface area contributed by atoms with Gasteiger partial charge in [-0.05, 0) is 6.92 Å². The van der Waals surface area contributed by atoms with Crippen molar-refractivity contribution in [1.29, 1.82) is 0 Å². The first-order chi connectivity index (χ1) is 9.88. The molecule has 9 heteroatoms. The zero-order valence-electron chi connectivity index (χ0n) is 12.2. The van der Waals surface area contributed by atoms with E-state index in [4.69, 9.17) is 0 Å². The Morgan fingerprint density at radius 3 is 2.57 bits per heavy atom. The molecule has 0 aliphatic rings. The third kappa shape index (κ3) is 4.48. The zero-order valence-corrected chi connectivity index (χ0v) is 12.2. The van der Waals surface area contributed by atoms with Gasteiger partial charge in [0.1, 0.15) is 6.54 Å². The van der Waals surface area contributed by atoms with E-state index < -0.39 is 18.0 Å². The van der Waals surface area contributed by atoms with Crippen LogP contribution in [0.1, 0.15) is 18.5 Å². The summed E-state index contributed by atoms with van der Waals surface area (Å²) in [6.07, 6.45) is 2.88. The Kier molecular flexibility index (Phi) is 5.70. The second-order valence-electron chi connectivity index (χ2n) is 4.36. The molecule has 0 radical (unpaired) electrons. The van der Waals surface area contributed by atoms with Crippen molar-refractivity contribution in [2.45, 2.75) is 13.0 Å². The van der Waals surface area contributed by atoms with E-state index in [1.165, 1.54) is 29.0 Å². The predicted octanol–water partition coefficient (Wildman–Crippen LogP) is -0.677. The number of aliphatic carboxylic acids is 1. The summed E-state index contributed by atoms with van der Waals surface area (Å²) < 4.78 is 1.44. The van der Waals surface area contributed by atoms with Gasteiger partial charge in [-0.1, -0.05) is 0 Å². The smallest absolute Gasteiger partial charge is 0.331 e. The normalized spacial score (nSPS) is 11.6. The maximum absolute atomic E-state index is 12.1. The van der Waals surface area contributed by atoms with Gasteiger partial charge in [-0.3, -0.25) is 9.48 Å². The highest BCUT2D eigenvalue weighted by Crippen LogP contribution is 2.12. The molecule has 0 bridgehead atoms. The van der Waals surface area contributed by atoms with Gasteiger partial charge in [-0.25, -0.2) is 9.59 Å². The molecule has 3 amide bonds. The number of nitrogens with one attached hydrogen (secondary N) is 2. The number of aryl methyl sites for hydroxylation is 1. The molecule has 1 atom stereocenters. The van der Waals surface area contributed by atoms with Crippen molar-refractivity contribution in [3.05, 3.63) is 18.0 Å². The van der Waals surface area contributed by atoms with E-state index in [1.54, 1.807) is 14.0 Å². The Morgan fingerprint density at radius 2 is 2.14 bits per heavy atom. The highest BCUT2D eigenvalue weighted by molar-refractivity contribution is 5.87. The van der Waals surface area contributed by atoms with Crippen LogP contribution >= 0.6 is 0 Å². The molecular formula is C12H19N5O4. The minimum absolute atomic E-state index is 0.141. The van der Waals surface area contributed by atoms with Crippen molar-refractivity contribution in [1.82, 2.24) is 25.3 Å². The fourth-order valence-electron chi connectivity index (χ4n) is 1.67. The van der Waals surface area contributed by atoms with Crippen molar-refractivity contribution in [2.75, 3.05) is 20.1 Å². The van der Waals surface area contributed by atoms with Crippen LogP contribution in [0.3, 0.4) is 0 Å². The van der Waals surface area contributed by atoms with Gasteiger partial charge in [0.15, 0.2) is 6.04 Å². The number of hydrogen-bond acceptors (Lipinski definition) is 4. The molecule has 9 nitrogen and oxygen atoms in total. The minimum atomic E-state index is -1.22. The maximum Gasteiger partial charge on any atom is 0.331 e. The van der Waals surface area contributed by atoms with Crippen LogP contribution in [0.5, 0.6) is 0 Å². The second-order valence-corrected chi connectivity index (χ2v) is 4.36. The van der Waals surface area contributed by atoms with Crippen molar-refractivity contribution >= 4 is 17.9 Å². The molecular weight excluding hydrogens is 278 g/mol. The quantitative estimate of drug-likeness (QED) is 0.643. The lowest BCUT2D eigenvalue weighted by Crippen LogP contribution is -2.47. The van der Waals surface area contributed by atoms with Crippen LogP contribution in [0.25, 0.3) is 0 Å². The van der Waals surface area contributed by atoms with E-state index in [1.807, 2.05) is 0 Å². The number of rotatable bonds is 6. The van der Waals surface area contributed by atoms with E-state index in [9.17, 15) is 19.5 Å². The number of carbonyl (C=O) groups is 3. The van der Waals surface area contributed by atoms with Gasteiger partial charge in [0.05, 0.1) is 6.20 Å². The molecule has 1 aromatic rings. The summed E-state index contributed by atoms with van der Waals surface area (Å²) >= 11 is 0. The van der Waals surface area contributed by atoms with Crippen molar-refractivity contribution in [2.24, 2.45) is 7.05 Å². The molecule has 1 heterocycles. The first-order valence-electron chi connectivity index (χ1n) is 6.36. The van der Waals surface area contributed by atoms with Crippen LogP contribution < -0.4 is 10.6 Å². The monoisotopic (exact) mass is 297 g/mol. The lowest BCUT2D eigenvalue weighted by molar-refractivity contribution is -0.139. The molecule has 1 unspecified atom stereocenters. The number of urea groups is 1. The number of carbonyl (C=O) groups excluding carboxylic acids is 2. The molecule has 1 aromatic heterocycles. The third-order valence-corrected chi connectivity index (χ3v) is 2.86. The Hall–Kier alpha value is -2.58. The first-order valence-corrected chi connectivity index (χ1v) is 6.36. The molecule has 116 valence electrons. The van der Waals surface area contributed by atoms with Crippen molar-refractivity contribution < 1.29 is 19.5 Å². The molecule has 0 spiro atoms. The van der Waals surface area contributed by atoms with Crippen LogP contribution in [0.15, 0.2) is 12.4 Å². The maximum atomic E-state index is 12.1. The van der Waals surface area contributed by atoms with E-state index in [0.717, 1.165) is 0 Å². The SMILES string of the molecule is CCN(CC(=O)NC)C(=O)NC(C(=O)O)c1cnn(C)c1. The average molecular weight is 297 g/mol. The lowest BCUT2D eigenvalue weighted by Gasteiger charge is -2.22. The van der Waals surface area contributed by atoms with Gasteiger partial charge >= 0.3 is 12.0 Å². The first kappa shape index (κ1) is 16.5. The predicted molar refractivity (Wildman–Crippen MR) is 73.4 cm³/mol. The molecule has 0 fully saturated rings. The second kappa shape index (κ2) is 7.27. The zero-order chi connectivity index (χ0) is 16.0. The number of amides is 3. The summed E-state index contributed by atoms with van der Waals surface area (Å²) in [5, 5.41) is 17.9. The topological polar surface area (TPSA) is 117 Å². The molecule has 0 aromatic carbocycles. The van der Waals surface area contributed by atoms with E-state index in [2.05, 4.69) is 15.7 Å². The number of nitrogens with zero attached hydrogens (tertiary/aromatic N) is 3. The molecule has 0 aliphatic carbocycles. The van der Waals surface area contributed by atoms with Gasteiger partial charge in [0.25, 0.3) is 0 Å². The third-order valence-electron chi connectivity index (χ3n) is 2.86. The van der Waals surface area contributed by atoms with Gasteiger partial charge < -0.3 is 20.6 Å². The minimum Gasteiger partial charge on any atom is -0.479 e. The molecule has 1 rings (SSSR count). The number of carboxylic acid groups (broad SMARTS) is 1. The number of likely N-dealkylation sites (N-methyl/N-ethyl adjacent to an activating group) is 2. The highest BCUT2D eigenvalue weighted by Gasteiger charge is 2.26. The summed E-state index contributed by atoms with van der Waals surface area (Å²) in [7, 11) is 3.11. The number of carboxylic acids is 1. The summed E-state index contributed by atoms with van der Waals surface area (Å²) in [6, 6.07) is -1.85. The van der Waals surface area contributed by atoms with Crippen molar-refractivity contribution in [3.63, 3.8) is 0 Å². The molecule has 0 aliphatic heterocycles. The Bertz CT molecular complexity index is 527. The van der Waals surface area contributed by atoms with Crippen LogP contribution in [-0.2, 0) is 16.6 Å². The van der Waals surface area contributed by atoms with Crippen LogP contribution in [0, 0.1) is 0 Å². The number of aromatic nitrogens is 2. The lowest BCUT2D eigenvalue weighted by atomic mass is 10.1. The van der Waals surface area contributed by atoms with Crippen LogP contribution in [0.2, 0.25) is 0 Å². The highest BCUT2D eigenvalue weighted by atomic mass is 16.4. The van der Waals surface area contributed by atoms with Crippen molar-refractivity contribution in [3.8, 4) is 0 Å². The van der Waals surface area contributed by atoms with Crippen LogP contribution in [-0.4, -0.2) is 57.8 Å². The Labute approximate surface area is 121 Å². The molecule has 3 N–H and O–H groups in total. The standard InChI is InChI=1S/C12H19N5O4/c1-4-17(7-9(18)13-2)12(21)15-10(11(19)20)8-5-14-16(3)6-8/h5-6,10H,4,7H2,1-3H3,(H,13,18)(H,15,21)(H,19,20). The Morgan fingerprint density at radius 1 is 1.48 bits per heavy atom. The summed E-state index contributed by atoms with van der Waals surface area (Å²) in [5.41, 5.74) is 0.356. The number of hydrogen-bond donors (Lipinski definition) is 3. The van der Waals surface area contributed by atoms with E-state index in [-0.39, 0.29) is 19.0 Å². The van der Waals surface area contributed by atoms with Gasteiger partial charge in [-0.2, -0.15) is 5.10 Å². The molecule has 0 saturated carbocycles. The molecule has 21 heavy (non-hydrogen) atoms. The average Bonchev–Trinajstić information content (AvgIpc) is 2.87. The van der Waals surface area contributed by atoms with Gasteiger partial charge in [-0.15, -0.1) is 0 Å². The van der Waals surface area contributed by atoms with Gasteiger partial charge in [0, 0.05) is 32.4 Å².